The van der Waals surface area contributed by atoms with Crippen molar-refractivity contribution in [2.24, 2.45) is 10.4 Å². The highest BCUT2D eigenvalue weighted by Gasteiger charge is 2.53. The molecule has 0 bridgehead atoms. The fourth-order valence-electron chi connectivity index (χ4n) is 2.35. The molecule has 0 saturated carbocycles. The highest BCUT2D eigenvalue weighted by molar-refractivity contribution is 5.82. The molecule has 6 heteroatoms. The number of guanidine groups is 1. The summed E-state index contributed by atoms with van der Waals surface area (Å²) < 4.78 is 4.97. The van der Waals surface area contributed by atoms with Crippen LogP contribution in [0.3, 0.4) is 0 Å². The van der Waals surface area contributed by atoms with Gasteiger partial charge in [0, 0.05) is 31.0 Å². The lowest BCUT2D eigenvalue weighted by Gasteiger charge is -2.62. The summed E-state index contributed by atoms with van der Waals surface area (Å²) in [6, 6.07) is 0. The second-order valence-electron chi connectivity index (χ2n) is 6.43. The molecule has 1 aliphatic rings. The Morgan fingerprint density at radius 3 is 2.55 bits per heavy atom. The van der Waals surface area contributed by atoms with Crippen LogP contribution in [0.15, 0.2) is 9.52 Å². The Bertz CT molecular complexity index is 503. The number of aryl methyl sites for hydroxylation is 1. The predicted octanol–water partition coefficient (Wildman–Crippen LogP) is 1.96. The maximum Gasteiger partial charge on any atom is 0.223 e. The number of aliphatic imine (C=N–C) groups is 1. The first-order valence-corrected chi connectivity index (χ1v) is 7.13. The Kier molecular flexibility index (Phi) is 3.75. The monoisotopic (exact) mass is 279 g/mol. The highest BCUT2D eigenvalue weighted by atomic mass is 16.5. The fraction of sp³-hybridized carbons (Fsp3) is 0.786. The topological polar surface area (TPSA) is 66.5 Å². The summed E-state index contributed by atoms with van der Waals surface area (Å²) in [5.74, 6) is 2.11. The molecule has 20 heavy (non-hydrogen) atoms. The largest absolute Gasteiger partial charge is 0.356 e. The Morgan fingerprint density at radius 2 is 2.10 bits per heavy atom. The summed E-state index contributed by atoms with van der Waals surface area (Å²) in [7, 11) is 0. The molecule has 1 aromatic rings. The van der Waals surface area contributed by atoms with E-state index >= 15 is 0 Å². The molecule has 6 nitrogen and oxygen atoms in total. The van der Waals surface area contributed by atoms with Crippen molar-refractivity contribution in [3.63, 3.8) is 0 Å². The van der Waals surface area contributed by atoms with Gasteiger partial charge >= 0.3 is 0 Å². The number of rotatable bonds is 3. The van der Waals surface area contributed by atoms with E-state index in [-0.39, 0.29) is 11.0 Å². The Hall–Kier alpha value is -1.59. The third kappa shape index (κ3) is 2.51. The summed E-state index contributed by atoms with van der Waals surface area (Å²) in [4.78, 5) is 11.1. The Balaban J connectivity index is 2.12. The van der Waals surface area contributed by atoms with Crippen LogP contribution in [-0.2, 0) is 6.54 Å². The van der Waals surface area contributed by atoms with Crippen LogP contribution in [-0.4, -0.2) is 39.6 Å². The third-order valence-corrected chi connectivity index (χ3v) is 4.41. The molecule has 0 spiro atoms. The zero-order chi connectivity index (χ0) is 15.0. The maximum absolute atomic E-state index is 4.97. The molecule has 1 N–H and O–H groups in total. The molecule has 0 atom stereocenters. The summed E-state index contributed by atoms with van der Waals surface area (Å²) in [5, 5.41) is 7.22. The Labute approximate surface area is 120 Å². The van der Waals surface area contributed by atoms with E-state index in [9.17, 15) is 0 Å². The van der Waals surface area contributed by atoms with Gasteiger partial charge in [-0.25, -0.2) is 4.99 Å². The summed E-state index contributed by atoms with van der Waals surface area (Å²) in [6.45, 7) is 15.2. The highest BCUT2D eigenvalue weighted by Crippen LogP contribution is 2.46. The average Bonchev–Trinajstić information content (AvgIpc) is 2.78. The number of likely N-dealkylation sites (tertiary alicyclic amines) is 1. The van der Waals surface area contributed by atoms with E-state index in [4.69, 9.17) is 4.52 Å². The molecule has 2 rings (SSSR count). The zero-order valence-corrected chi connectivity index (χ0v) is 13.3. The first kappa shape index (κ1) is 14.8. The first-order chi connectivity index (χ1) is 9.28. The van der Waals surface area contributed by atoms with E-state index in [2.05, 4.69) is 60.0 Å². The molecule has 112 valence electrons. The van der Waals surface area contributed by atoms with Gasteiger partial charge in [-0.15, -0.1) is 0 Å². The SMILES string of the molecule is CCNC(=NCc1noc(C)n1)N1CC(C)(C)C1(C)C. The average molecular weight is 279 g/mol. The van der Waals surface area contributed by atoms with Crippen molar-refractivity contribution in [3.8, 4) is 0 Å². The molecule has 0 radical (unpaired) electrons. The smallest absolute Gasteiger partial charge is 0.223 e. The fourth-order valence-corrected chi connectivity index (χ4v) is 2.35. The van der Waals surface area contributed by atoms with E-state index < -0.39 is 0 Å². The molecule has 1 fully saturated rings. The molecule has 1 aliphatic heterocycles. The molecule has 1 aromatic heterocycles. The maximum atomic E-state index is 4.97. The third-order valence-electron chi connectivity index (χ3n) is 4.41. The van der Waals surface area contributed by atoms with Crippen molar-refractivity contribution in [1.82, 2.24) is 20.4 Å². The molecular weight excluding hydrogens is 254 g/mol. The zero-order valence-electron chi connectivity index (χ0n) is 13.3. The number of nitrogens with one attached hydrogen (secondary N) is 1. The number of hydrogen-bond donors (Lipinski definition) is 1. The van der Waals surface area contributed by atoms with Crippen molar-refractivity contribution in [1.29, 1.82) is 0 Å². The second-order valence-corrected chi connectivity index (χ2v) is 6.43. The molecule has 1 saturated heterocycles. The van der Waals surface area contributed by atoms with E-state index in [1.165, 1.54) is 0 Å². The van der Waals surface area contributed by atoms with Crippen LogP contribution < -0.4 is 5.32 Å². The lowest BCUT2D eigenvalue weighted by Crippen LogP contribution is -2.72. The Morgan fingerprint density at radius 1 is 1.40 bits per heavy atom. The van der Waals surface area contributed by atoms with Gasteiger partial charge in [-0.1, -0.05) is 19.0 Å². The van der Waals surface area contributed by atoms with Gasteiger partial charge in [0.25, 0.3) is 0 Å². The second kappa shape index (κ2) is 5.07. The van der Waals surface area contributed by atoms with Crippen LogP contribution in [0.5, 0.6) is 0 Å². The molecule has 0 aliphatic carbocycles. The molecule has 2 heterocycles. The van der Waals surface area contributed by atoms with E-state index in [1.54, 1.807) is 6.92 Å². The lowest BCUT2D eigenvalue weighted by molar-refractivity contribution is -0.0668. The standard InChI is InChI=1S/C14H25N5O/c1-7-15-12(16-8-11-17-10(2)20-18-11)19-9-13(3,4)14(19,5)6/h7-9H2,1-6H3,(H,15,16). The number of hydrogen-bond acceptors (Lipinski definition) is 4. The summed E-state index contributed by atoms with van der Waals surface area (Å²) in [5.41, 5.74) is 0.368. The normalized spacial score (nSPS) is 20.7. The van der Waals surface area contributed by atoms with Crippen molar-refractivity contribution >= 4 is 5.96 Å². The van der Waals surface area contributed by atoms with Crippen molar-refractivity contribution < 1.29 is 4.52 Å². The molecule has 0 unspecified atom stereocenters. The van der Waals surface area contributed by atoms with Gasteiger partial charge in [0.05, 0.1) is 0 Å². The van der Waals surface area contributed by atoms with Gasteiger partial charge in [0.15, 0.2) is 11.8 Å². The summed E-state index contributed by atoms with van der Waals surface area (Å²) in [6.07, 6.45) is 0. The van der Waals surface area contributed by atoms with Gasteiger partial charge in [-0.2, -0.15) is 4.98 Å². The molecule has 0 aromatic carbocycles. The van der Waals surface area contributed by atoms with Crippen molar-refractivity contribution in [2.75, 3.05) is 13.1 Å². The number of nitrogens with zero attached hydrogens (tertiary/aromatic N) is 4. The van der Waals surface area contributed by atoms with Crippen molar-refractivity contribution in [2.45, 2.75) is 53.6 Å². The minimum absolute atomic E-state index is 0.0845. The quantitative estimate of drug-likeness (QED) is 0.677. The minimum atomic E-state index is 0.0845. The van der Waals surface area contributed by atoms with Crippen molar-refractivity contribution in [3.05, 3.63) is 11.7 Å². The molecule has 0 amide bonds. The number of aromatic nitrogens is 2. The predicted molar refractivity (Wildman–Crippen MR) is 78.4 cm³/mol. The van der Waals surface area contributed by atoms with Crippen LogP contribution >= 0.6 is 0 Å². The van der Waals surface area contributed by atoms with Crippen LogP contribution in [0.4, 0.5) is 0 Å². The van der Waals surface area contributed by atoms with Gasteiger partial charge in [0.1, 0.15) is 6.54 Å². The van der Waals surface area contributed by atoms with Crippen LogP contribution in [0.2, 0.25) is 0 Å². The van der Waals surface area contributed by atoms with Gasteiger partial charge < -0.3 is 14.7 Å². The van der Waals surface area contributed by atoms with E-state index in [0.29, 0.717) is 18.3 Å². The van der Waals surface area contributed by atoms with Gasteiger partial charge in [0.2, 0.25) is 5.89 Å². The lowest BCUT2D eigenvalue weighted by atomic mass is 9.65. The first-order valence-electron chi connectivity index (χ1n) is 7.13. The van der Waals surface area contributed by atoms with Gasteiger partial charge in [-0.05, 0) is 20.8 Å². The van der Waals surface area contributed by atoms with Crippen LogP contribution in [0, 0.1) is 12.3 Å². The van der Waals surface area contributed by atoms with Crippen LogP contribution in [0.1, 0.15) is 46.3 Å². The summed E-state index contributed by atoms with van der Waals surface area (Å²) >= 11 is 0. The van der Waals surface area contributed by atoms with E-state index in [0.717, 1.165) is 19.0 Å². The van der Waals surface area contributed by atoms with Crippen LogP contribution in [0.25, 0.3) is 0 Å². The van der Waals surface area contributed by atoms with Gasteiger partial charge in [-0.3, -0.25) is 0 Å². The van der Waals surface area contributed by atoms with E-state index in [1.807, 2.05) is 0 Å². The molecular formula is C14H25N5O. The minimum Gasteiger partial charge on any atom is -0.356 e.